The van der Waals surface area contributed by atoms with Crippen LogP contribution in [0.4, 0.5) is 11.4 Å². The first-order valence-corrected chi connectivity index (χ1v) is 8.04. The molecule has 2 aromatic carbocycles. The molecule has 5 rings (SSSR count). The van der Waals surface area contributed by atoms with E-state index in [0.717, 1.165) is 21.2 Å². The van der Waals surface area contributed by atoms with Crippen molar-refractivity contribution < 1.29 is 14.4 Å². The number of carbonyl (C=O) groups is 3. The van der Waals surface area contributed by atoms with E-state index in [1.165, 1.54) is 0 Å². The Morgan fingerprint density at radius 2 is 1.78 bits per heavy atom. The lowest BCUT2D eigenvalue weighted by Gasteiger charge is -2.27. The zero-order chi connectivity index (χ0) is 15.8. The summed E-state index contributed by atoms with van der Waals surface area (Å²) in [6.45, 7) is 0. The van der Waals surface area contributed by atoms with Gasteiger partial charge in [0.15, 0.2) is 5.41 Å². The fraction of sp³-hybridized carbons (Fsp3) is 0.118. The molecule has 6 heteroatoms. The normalized spacial score (nSPS) is 24.0. The molecule has 1 saturated heterocycles. The van der Waals surface area contributed by atoms with Gasteiger partial charge in [0.1, 0.15) is 0 Å². The number of hydrogen-bond acceptors (Lipinski definition) is 4. The number of fused-ring (bicyclic) bond motifs is 3. The molecule has 1 fully saturated rings. The maximum Gasteiger partial charge on any atom is 0.252 e. The van der Waals surface area contributed by atoms with Crippen LogP contribution in [-0.2, 0) is 19.8 Å². The molecule has 0 saturated carbocycles. The molecule has 0 aliphatic carbocycles. The summed E-state index contributed by atoms with van der Waals surface area (Å²) in [5.41, 5.74) is 0.725. The second kappa shape index (κ2) is 4.02. The first-order valence-electron chi connectivity index (χ1n) is 7.22. The van der Waals surface area contributed by atoms with Crippen LogP contribution < -0.4 is 10.2 Å². The minimum absolute atomic E-state index is 0.121. The number of nitrogens with one attached hydrogen (secondary N) is 1. The third-order valence-electron chi connectivity index (χ3n) is 4.64. The molecule has 1 unspecified atom stereocenters. The van der Waals surface area contributed by atoms with Gasteiger partial charge < -0.3 is 0 Å². The highest BCUT2D eigenvalue weighted by molar-refractivity contribution is 7.99. The van der Waals surface area contributed by atoms with Crippen LogP contribution in [0.3, 0.4) is 0 Å². The maximum absolute atomic E-state index is 13.2. The number of rotatable bonds is 0. The second-order valence-electron chi connectivity index (χ2n) is 5.82. The van der Waals surface area contributed by atoms with Gasteiger partial charge in [0.05, 0.1) is 17.8 Å². The van der Waals surface area contributed by atoms with Crippen molar-refractivity contribution in [3.05, 3.63) is 48.0 Å². The summed E-state index contributed by atoms with van der Waals surface area (Å²) in [6, 6.07) is 13.2. The molecule has 1 spiro atoms. The third kappa shape index (κ3) is 1.37. The third-order valence-corrected chi connectivity index (χ3v) is 5.76. The van der Waals surface area contributed by atoms with Crippen molar-refractivity contribution in [2.75, 3.05) is 4.90 Å². The number of para-hydroxylation sites is 2. The number of imide groups is 1. The van der Waals surface area contributed by atoms with E-state index in [1.54, 1.807) is 22.7 Å². The van der Waals surface area contributed by atoms with Crippen LogP contribution in [0.2, 0.25) is 0 Å². The first-order chi connectivity index (χ1) is 11.1. The van der Waals surface area contributed by atoms with E-state index in [-0.39, 0.29) is 12.3 Å². The maximum atomic E-state index is 13.2. The molecule has 23 heavy (non-hydrogen) atoms. The highest BCUT2D eigenvalue weighted by atomic mass is 32.2. The van der Waals surface area contributed by atoms with E-state index in [9.17, 15) is 14.4 Å². The van der Waals surface area contributed by atoms with Crippen molar-refractivity contribution in [3.63, 3.8) is 0 Å². The van der Waals surface area contributed by atoms with E-state index >= 15 is 0 Å². The summed E-state index contributed by atoms with van der Waals surface area (Å²) in [5.74, 6) is -1.25. The Morgan fingerprint density at radius 1 is 1.00 bits per heavy atom. The Kier molecular flexibility index (Phi) is 2.26. The Hall–Kier alpha value is -2.60. The van der Waals surface area contributed by atoms with Gasteiger partial charge in [0.25, 0.3) is 5.91 Å². The molecule has 3 heterocycles. The lowest BCUT2D eigenvalue weighted by molar-refractivity contribution is -0.132. The predicted octanol–water partition coefficient (Wildman–Crippen LogP) is 2.11. The average Bonchev–Trinajstić information content (AvgIpc) is 2.99. The van der Waals surface area contributed by atoms with Gasteiger partial charge in [-0.2, -0.15) is 0 Å². The van der Waals surface area contributed by atoms with Crippen molar-refractivity contribution in [3.8, 4) is 0 Å². The standard InChI is InChI=1S/C17H10N2O3S/c20-13-8-17(15(21)18-13)9-4-3-7-12-14(9)19(16(17)22)10-5-1-2-6-11(10)23-12/h1-7H,8H2,(H,18,20,21). The number of nitrogens with zero attached hydrogens (tertiary/aromatic N) is 1. The quantitative estimate of drug-likeness (QED) is 0.596. The van der Waals surface area contributed by atoms with E-state index in [2.05, 4.69) is 5.32 Å². The number of carbonyl (C=O) groups excluding carboxylic acids is 3. The molecule has 3 amide bonds. The topological polar surface area (TPSA) is 66.5 Å². The van der Waals surface area contributed by atoms with Crippen LogP contribution >= 0.6 is 11.8 Å². The van der Waals surface area contributed by atoms with Crippen molar-refractivity contribution in [1.82, 2.24) is 5.32 Å². The van der Waals surface area contributed by atoms with Gasteiger partial charge >= 0.3 is 0 Å². The van der Waals surface area contributed by atoms with Crippen molar-refractivity contribution in [2.45, 2.75) is 21.6 Å². The number of benzene rings is 2. The fourth-order valence-corrected chi connectivity index (χ4v) is 4.74. The number of amides is 3. The van der Waals surface area contributed by atoms with Crippen LogP contribution in [0.5, 0.6) is 0 Å². The minimum Gasteiger partial charge on any atom is -0.295 e. The van der Waals surface area contributed by atoms with Crippen LogP contribution in [0.25, 0.3) is 0 Å². The van der Waals surface area contributed by atoms with Gasteiger partial charge in [-0.25, -0.2) is 0 Å². The summed E-state index contributed by atoms with van der Waals surface area (Å²) < 4.78 is 0. The predicted molar refractivity (Wildman–Crippen MR) is 83.6 cm³/mol. The van der Waals surface area contributed by atoms with Crippen molar-refractivity contribution in [1.29, 1.82) is 0 Å². The van der Waals surface area contributed by atoms with E-state index in [0.29, 0.717) is 5.56 Å². The molecular formula is C17H10N2O3S. The minimum atomic E-state index is -1.42. The fourth-order valence-electron chi connectivity index (χ4n) is 3.65. The Balaban J connectivity index is 1.85. The average molecular weight is 322 g/mol. The van der Waals surface area contributed by atoms with E-state index < -0.39 is 17.2 Å². The molecule has 3 aliphatic rings. The number of anilines is 2. The summed E-state index contributed by atoms with van der Waals surface area (Å²) >= 11 is 1.58. The molecular weight excluding hydrogens is 312 g/mol. The molecule has 0 radical (unpaired) electrons. The lowest BCUT2D eigenvalue weighted by atomic mass is 9.80. The summed E-state index contributed by atoms with van der Waals surface area (Å²) in [7, 11) is 0. The molecule has 1 atom stereocenters. The SMILES string of the molecule is O=C1CC2(C(=O)N1)C(=O)N1c3ccccc3Sc3cccc2c31. The molecule has 3 aliphatic heterocycles. The monoisotopic (exact) mass is 322 g/mol. The zero-order valence-corrected chi connectivity index (χ0v) is 12.6. The number of hydrogen-bond donors (Lipinski definition) is 1. The zero-order valence-electron chi connectivity index (χ0n) is 11.8. The van der Waals surface area contributed by atoms with Crippen LogP contribution in [0.15, 0.2) is 52.3 Å². The highest BCUT2D eigenvalue weighted by Gasteiger charge is 2.62. The van der Waals surface area contributed by atoms with E-state index in [4.69, 9.17) is 0 Å². The van der Waals surface area contributed by atoms with Gasteiger partial charge in [-0.1, -0.05) is 36.0 Å². The molecule has 0 bridgehead atoms. The molecule has 1 N–H and O–H groups in total. The lowest BCUT2D eigenvalue weighted by Crippen LogP contribution is -2.44. The van der Waals surface area contributed by atoms with Crippen LogP contribution in [0, 0.1) is 0 Å². The smallest absolute Gasteiger partial charge is 0.252 e. The largest absolute Gasteiger partial charge is 0.295 e. The second-order valence-corrected chi connectivity index (χ2v) is 6.91. The highest BCUT2D eigenvalue weighted by Crippen LogP contribution is 2.58. The molecule has 112 valence electrons. The van der Waals surface area contributed by atoms with Crippen molar-refractivity contribution in [2.24, 2.45) is 0 Å². The summed E-state index contributed by atoms with van der Waals surface area (Å²) in [4.78, 5) is 41.0. The van der Waals surface area contributed by atoms with Gasteiger partial charge in [-0.15, -0.1) is 0 Å². The first kappa shape index (κ1) is 12.9. The summed E-state index contributed by atoms with van der Waals surface area (Å²) in [5, 5.41) is 2.30. The van der Waals surface area contributed by atoms with E-state index in [1.807, 2.05) is 36.4 Å². The van der Waals surface area contributed by atoms with Gasteiger partial charge in [0.2, 0.25) is 11.8 Å². The Bertz CT molecular complexity index is 939. The summed E-state index contributed by atoms with van der Waals surface area (Å²) in [6.07, 6.45) is -0.121. The van der Waals surface area contributed by atoms with Crippen LogP contribution in [0.1, 0.15) is 12.0 Å². The van der Waals surface area contributed by atoms with Gasteiger partial charge in [0, 0.05) is 15.4 Å². The Morgan fingerprint density at radius 3 is 2.57 bits per heavy atom. The molecule has 0 aromatic heterocycles. The molecule has 5 nitrogen and oxygen atoms in total. The van der Waals surface area contributed by atoms with Gasteiger partial charge in [-0.05, 0) is 18.2 Å². The molecule has 2 aromatic rings. The Labute approximate surface area is 135 Å². The van der Waals surface area contributed by atoms with Gasteiger partial charge in [-0.3, -0.25) is 24.6 Å². The van der Waals surface area contributed by atoms with Crippen molar-refractivity contribution >= 4 is 40.9 Å². The van der Waals surface area contributed by atoms with Crippen LogP contribution in [-0.4, -0.2) is 17.7 Å².